The van der Waals surface area contributed by atoms with Crippen molar-refractivity contribution in [1.29, 1.82) is 0 Å². The molecule has 0 saturated carbocycles. The van der Waals surface area contributed by atoms with Gasteiger partial charge in [-0.25, -0.2) is 4.39 Å². The molecule has 4 heteroatoms. The summed E-state index contributed by atoms with van der Waals surface area (Å²) in [4.78, 5) is 0. The van der Waals surface area contributed by atoms with Gasteiger partial charge in [-0.05, 0) is 30.0 Å². The van der Waals surface area contributed by atoms with E-state index in [1.165, 1.54) is 12.7 Å². The van der Waals surface area contributed by atoms with Crippen molar-refractivity contribution < 1.29 is 9.13 Å². The minimum absolute atomic E-state index is 0.0287. The Morgan fingerprint density at radius 1 is 1.10 bits per heavy atom. The predicted molar refractivity (Wildman–Crippen MR) is 77.9 cm³/mol. The van der Waals surface area contributed by atoms with E-state index in [1.54, 1.807) is 18.2 Å². The van der Waals surface area contributed by atoms with E-state index in [0.29, 0.717) is 12.0 Å². The minimum atomic E-state index is -0.316. The predicted octanol–water partition coefficient (Wildman–Crippen LogP) is 2.45. The van der Waals surface area contributed by atoms with Crippen LogP contribution in [-0.2, 0) is 12.8 Å². The lowest BCUT2D eigenvalue weighted by Crippen LogP contribution is -2.38. The number of methoxy groups -OCH3 is 1. The average molecular weight is 274 g/mol. The lowest BCUT2D eigenvalue weighted by atomic mass is 9.99. The number of hydrogen-bond donors (Lipinski definition) is 2. The molecule has 2 aromatic rings. The number of rotatable bonds is 6. The van der Waals surface area contributed by atoms with E-state index in [0.717, 1.165) is 6.42 Å². The standard InChI is InChI=1S/C16H19FN2O/c1-20-15-9-5-8-13(16(15)17)11-14(19-18)10-12-6-3-2-4-7-12/h2-9,14,19H,10-11,18H2,1H3. The Balaban J connectivity index is 2.10. The maximum absolute atomic E-state index is 14.1. The maximum Gasteiger partial charge on any atom is 0.168 e. The molecule has 2 aromatic carbocycles. The van der Waals surface area contributed by atoms with Crippen LogP contribution in [0.15, 0.2) is 48.5 Å². The molecule has 20 heavy (non-hydrogen) atoms. The second-order valence-corrected chi connectivity index (χ2v) is 4.69. The zero-order valence-corrected chi connectivity index (χ0v) is 11.5. The van der Waals surface area contributed by atoms with Gasteiger partial charge in [0.15, 0.2) is 11.6 Å². The summed E-state index contributed by atoms with van der Waals surface area (Å²) in [7, 11) is 1.46. The molecule has 0 bridgehead atoms. The normalized spacial score (nSPS) is 12.2. The molecule has 0 amide bonds. The van der Waals surface area contributed by atoms with Crippen LogP contribution in [0.25, 0.3) is 0 Å². The van der Waals surface area contributed by atoms with Crippen LogP contribution in [0.4, 0.5) is 4.39 Å². The van der Waals surface area contributed by atoms with E-state index in [2.05, 4.69) is 5.43 Å². The molecule has 0 spiro atoms. The molecule has 0 aliphatic heterocycles. The number of hydrogen-bond acceptors (Lipinski definition) is 3. The number of halogens is 1. The number of benzene rings is 2. The smallest absolute Gasteiger partial charge is 0.168 e. The summed E-state index contributed by atoms with van der Waals surface area (Å²) in [5.41, 5.74) is 4.52. The fourth-order valence-electron chi connectivity index (χ4n) is 2.23. The van der Waals surface area contributed by atoms with E-state index in [1.807, 2.05) is 30.3 Å². The zero-order chi connectivity index (χ0) is 14.4. The number of hydrazine groups is 1. The van der Waals surface area contributed by atoms with Crippen molar-refractivity contribution in [3.63, 3.8) is 0 Å². The van der Waals surface area contributed by atoms with Gasteiger partial charge in [0.1, 0.15) is 0 Å². The number of nitrogens with one attached hydrogen (secondary N) is 1. The van der Waals surface area contributed by atoms with Gasteiger partial charge in [-0.2, -0.15) is 0 Å². The zero-order valence-electron chi connectivity index (χ0n) is 11.5. The monoisotopic (exact) mass is 274 g/mol. The fraction of sp³-hybridized carbons (Fsp3) is 0.250. The summed E-state index contributed by atoms with van der Waals surface area (Å²) in [6.45, 7) is 0. The van der Waals surface area contributed by atoms with Gasteiger partial charge in [-0.3, -0.25) is 11.3 Å². The van der Waals surface area contributed by atoms with Gasteiger partial charge < -0.3 is 4.74 Å². The van der Waals surface area contributed by atoms with Crippen LogP contribution >= 0.6 is 0 Å². The van der Waals surface area contributed by atoms with Gasteiger partial charge in [-0.1, -0.05) is 42.5 Å². The van der Waals surface area contributed by atoms with Crippen LogP contribution in [0, 0.1) is 5.82 Å². The first kappa shape index (κ1) is 14.5. The molecule has 106 valence electrons. The van der Waals surface area contributed by atoms with E-state index < -0.39 is 0 Å². The highest BCUT2D eigenvalue weighted by Crippen LogP contribution is 2.21. The molecule has 1 unspecified atom stereocenters. The first-order chi connectivity index (χ1) is 9.74. The van der Waals surface area contributed by atoms with Crippen molar-refractivity contribution in [3.8, 4) is 5.75 Å². The molecule has 0 aliphatic carbocycles. The van der Waals surface area contributed by atoms with Crippen LogP contribution in [-0.4, -0.2) is 13.2 Å². The highest BCUT2D eigenvalue weighted by atomic mass is 19.1. The fourth-order valence-corrected chi connectivity index (χ4v) is 2.23. The van der Waals surface area contributed by atoms with Gasteiger partial charge in [0, 0.05) is 6.04 Å². The van der Waals surface area contributed by atoms with Crippen molar-refractivity contribution in [3.05, 3.63) is 65.5 Å². The molecular weight excluding hydrogens is 255 g/mol. The quantitative estimate of drug-likeness (QED) is 0.628. The van der Waals surface area contributed by atoms with Crippen LogP contribution in [0.5, 0.6) is 5.75 Å². The summed E-state index contributed by atoms with van der Waals surface area (Å²) in [6.07, 6.45) is 1.25. The van der Waals surface area contributed by atoms with Crippen LogP contribution in [0.1, 0.15) is 11.1 Å². The maximum atomic E-state index is 14.1. The molecule has 3 nitrogen and oxygen atoms in total. The average Bonchev–Trinajstić information content (AvgIpc) is 2.49. The summed E-state index contributed by atoms with van der Waals surface area (Å²) in [5, 5.41) is 0. The Labute approximate surface area is 118 Å². The second kappa shape index (κ2) is 7.03. The van der Waals surface area contributed by atoms with E-state index >= 15 is 0 Å². The first-order valence-corrected chi connectivity index (χ1v) is 6.56. The molecule has 0 aliphatic rings. The second-order valence-electron chi connectivity index (χ2n) is 4.69. The topological polar surface area (TPSA) is 47.3 Å². The highest BCUT2D eigenvalue weighted by Gasteiger charge is 2.14. The summed E-state index contributed by atoms with van der Waals surface area (Å²) in [6, 6.07) is 15.1. The van der Waals surface area contributed by atoms with Gasteiger partial charge in [0.2, 0.25) is 0 Å². The lowest BCUT2D eigenvalue weighted by molar-refractivity contribution is 0.382. The van der Waals surface area contributed by atoms with Gasteiger partial charge in [-0.15, -0.1) is 0 Å². The molecule has 1 atom stereocenters. The van der Waals surface area contributed by atoms with Crippen LogP contribution in [0.3, 0.4) is 0 Å². The van der Waals surface area contributed by atoms with E-state index in [-0.39, 0.29) is 17.6 Å². The summed E-state index contributed by atoms with van der Waals surface area (Å²) >= 11 is 0. The number of nitrogens with two attached hydrogens (primary N) is 1. The summed E-state index contributed by atoms with van der Waals surface area (Å²) < 4.78 is 19.1. The van der Waals surface area contributed by atoms with Gasteiger partial charge in [0.05, 0.1) is 7.11 Å². The SMILES string of the molecule is COc1cccc(CC(Cc2ccccc2)NN)c1F. The molecule has 0 heterocycles. The largest absolute Gasteiger partial charge is 0.494 e. The third kappa shape index (κ3) is 3.56. The Morgan fingerprint density at radius 3 is 2.50 bits per heavy atom. The minimum Gasteiger partial charge on any atom is -0.494 e. The molecule has 0 saturated heterocycles. The molecular formula is C16H19FN2O. The summed E-state index contributed by atoms with van der Waals surface area (Å²) in [5.74, 6) is 5.53. The third-order valence-corrected chi connectivity index (χ3v) is 3.29. The van der Waals surface area contributed by atoms with Gasteiger partial charge >= 0.3 is 0 Å². The molecule has 3 N–H and O–H groups in total. The Morgan fingerprint density at radius 2 is 1.85 bits per heavy atom. The Hall–Kier alpha value is -1.91. The lowest BCUT2D eigenvalue weighted by Gasteiger charge is -2.17. The van der Waals surface area contributed by atoms with Crippen molar-refractivity contribution >= 4 is 0 Å². The number of ether oxygens (including phenoxy) is 1. The first-order valence-electron chi connectivity index (χ1n) is 6.56. The van der Waals surface area contributed by atoms with E-state index in [9.17, 15) is 4.39 Å². The molecule has 0 fully saturated rings. The van der Waals surface area contributed by atoms with Gasteiger partial charge in [0.25, 0.3) is 0 Å². The Kier molecular flexibility index (Phi) is 5.09. The van der Waals surface area contributed by atoms with Crippen molar-refractivity contribution in [2.45, 2.75) is 18.9 Å². The molecule has 2 rings (SSSR count). The van der Waals surface area contributed by atoms with E-state index in [4.69, 9.17) is 10.6 Å². The third-order valence-electron chi connectivity index (χ3n) is 3.29. The van der Waals surface area contributed by atoms with Crippen LogP contribution in [0.2, 0.25) is 0 Å². The molecule has 0 radical (unpaired) electrons. The highest BCUT2D eigenvalue weighted by molar-refractivity contribution is 5.31. The van der Waals surface area contributed by atoms with Crippen molar-refractivity contribution in [2.24, 2.45) is 5.84 Å². The Bertz CT molecular complexity index is 545. The van der Waals surface area contributed by atoms with Crippen molar-refractivity contribution in [1.82, 2.24) is 5.43 Å². The van der Waals surface area contributed by atoms with Crippen molar-refractivity contribution in [2.75, 3.05) is 7.11 Å². The molecule has 0 aromatic heterocycles. The van der Waals surface area contributed by atoms with Crippen LogP contribution < -0.4 is 16.0 Å².